The van der Waals surface area contributed by atoms with Crippen molar-refractivity contribution in [3.8, 4) is 17.6 Å². The number of hydrogen-bond donors (Lipinski definition) is 0. The molecule has 21 heavy (non-hydrogen) atoms. The summed E-state index contributed by atoms with van der Waals surface area (Å²) in [5, 5.41) is 0.469. The zero-order valence-electron chi connectivity index (χ0n) is 11.4. The average Bonchev–Trinajstić information content (AvgIpc) is 2.47. The van der Waals surface area contributed by atoms with Gasteiger partial charge in [0.05, 0.1) is 11.4 Å². The molecule has 0 amide bonds. The molecular formula is C17H13Cl2FO. The third-order valence-corrected chi connectivity index (χ3v) is 3.32. The van der Waals surface area contributed by atoms with Crippen LogP contribution in [0.3, 0.4) is 0 Å². The van der Waals surface area contributed by atoms with E-state index in [0.29, 0.717) is 16.3 Å². The van der Waals surface area contributed by atoms with E-state index in [9.17, 15) is 4.39 Å². The molecule has 0 aliphatic heterocycles. The van der Waals surface area contributed by atoms with Crippen LogP contribution >= 0.6 is 23.2 Å². The van der Waals surface area contributed by atoms with Gasteiger partial charge in [-0.3, -0.25) is 0 Å². The number of alkyl halides is 1. The minimum atomic E-state index is -0.343. The smallest absolute Gasteiger partial charge is 0.135 e. The summed E-state index contributed by atoms with van der Waals surface area (Å²) >= 11 is 11.6. The third kappa shape index (κ3) is 4.39. The lowest BCUT2D eigenvalue weighted by Gasteiger charge is -2.10. The molecule has 0 saturated carbocycles. The van der Waals surface area contributed by atoms with Gasteiger partial charge in [-0.25, -0.2) is 4.39 Å². The summed E-state index contributed by atoms with van der Waals surface area (Å²) in [6, 6.07) is 9.87. The Balaban J connectivity index is 2.21. The molecule has 1 nitrogen and oxygen atoms in total. The lowest BCUT2D eigenvalue weighted by Crippen LogP contribution is -1.99. The first kappa shape index (κ1) is 15.7. The second kappa shape index (κ2) is 7.36. The van der Waals surface area contributed by atoms with Crippen LogP contribution < -0.4 is 4.74 Å². The van der Waals surface area contributed by atoms with Crippen LogP contribution in [-0.4, -0.2) is 5.88 Å². The number of hydrogen-bond acceptors (Lipinski definition) is 1. The Labute approximate surface area is 133 Å². The quantitative estimate of drug-likeness (QED) is 0.573. The van der Waals surface area contributed by atoms with Crippen molar-refractivity contribution in [2.24, 2.45) is 0 Å². The van der Waals surface area contributed by atoms with Gasteiger partial charge >= 0.3 is 0 Å². The molecule has 0 unspecified atom stereocenters. The maximum atomic E-state index is 13.2. The van der Waals surface area contributed by atoms with Crippen molar-refractivity contribution in [2.45, 2.75) is 13.5 Å². The molecule has 108 valence electrons. The second-order valence-corrected chi connectivity index (χ2v) is 5.13. The first-order chi connectivity index (χ1) is 10.1. The van der Waals surface area contributed by atoms with E-state index in [-0.39, 0.29) is 18.3 Å². The number of aryl methyl sites for hydroxylation is 1. The molecule has 0 bridgehead atoms. The van der Waals surface area contributed by atoms with Gasteiger partial charge in [-0.2, -0.15) is 0 Å². The molecule has 0 fully saturated rings. The maximum Gasteiger partial charge on any atom is 0.135 e. The van der Waals surface area contributed by atoms with Crippen LogP contribution in [0, 0.1) is 24.6 Å². The molecule has 2 aromatic rings. The molecule has 0 heterocycles. The van der Waals surface area contributed by atoms with E-state index in [1.54, 1.807) is 0 Å². The van der Waals surface area contributed by atoms with Gasteiger partial charge in [0.15, 0.2) is 0 Å². The van der Waals surface area contributed by atoms with Gasteiger partial charge in [-0.1, -0.05) is 29.5 Å². The Bertz CT molecular complexity index is 702. The number of ether oxygens (including phenoxy) is 1. The van der Waals surface area contributed by atoms with E-state index >= 15 is 0 Å². The lowest BCUT2D eigenvalue weighted by atomic mass is 10.1. The van der Waals surface area contributed by atoms with E-state index < -0.39 is 0 Å². The molecule has 0 aliphatic carbocycles. The predicted octanol–water partition coefficient (Wildman–Crippen LogP) is 4.96. The van der Waals surface area contributed by atoms with Gasteiger partial charge < -0.3 is 4.74 Å². The molecule has 0 N–H and O–H groups in total. The third-order valence-electron chi connectivity index (χ3n) is 2.82. The Morgan fingerprint density at radius 1 is 1.19 bits per heavy atom. The molecule has 4 heteroatoms. The summed E-state index contributed by atoms with van der Waals surface area (Å²) in [4.78, 5) is 0. The lowest BCUT2D eigenvalue weighted by molar-refractivity contribution is 0.305. The number of halogens is 3. The SMILES string of the molecule is Cc1ccc(OCc2cc(F)ccc2Cl)c(C#CCCl)c1. The van der Waals surface area contributed by atoms with Gasteiger partial charge in [0, 0.05) is 10.6 Å². The molecule has 0 aromatic heterocycles. The van der Waals surface area contributed by atoms with Gasteiger partial charge in [-0.05, 0) is 42.8 Å². The summed E-state index contributed by atoms with van der Waals surface area (Å²) in [6.07, 6.45) is 0. The fraction of sp³-hybridized carbons (Fsp3) is 0.176. The van der Waals surface area contributed by atoms with Gasteiger partial charge in [-0.15, -0.1) is 11.6 Å². The Hall–Kier alpha value is -1.69. The zero-order chi connectivity index (χ0) is 15.2. The summed E-state index contributed by atoms with van der Waals surface area (Å²) in [5.41, 5.74) is 2.42. The van der Waals surface area contributed by atoms with E-state index in [2.05, 4.69) is 11.8 Å². The summed E-state index contributed by atoms with van der Waals surface area (Å²) in [5.74, 6) is 6.29. The van der Waals surface area contributed by atoms with Crippen LogP contribution in [0.1, 0.15) is 16.7 Å². The Morgan fingerprint density at radius 3 is 2.76 bits per heavy atom. The molecule has 2 rings (SSSR count). The fourth-order valence-electron chi connectivity index (χ4n) is 1.81. The van der Waals surface area contributed by atoms with Crippen molar-refractivity contribution in [1.82, 2.24) is 0 Å². The topological polar surface area (TPSA) is 9.23 Å². The minimum Gasteiger partial charge on any atom is -0.488 e. The summed E-state index contributed by atoms with van der Waals surface area (Å²) in [6.45, 7) is 2.15. The van der Waals surface area contributed by atoms with E-state index in [1.165, 1.54) is 18.2 Å². The monoisotopic (exact) mass is 322 g/mol. The maximum absolute atomic E-state index is 13.2. The molecule has 0 saturated heterocycles. The van der Waals surface area contributed by atoms with E-state index in [0.717, 1.165) is 11.1 Å². The largest absolute Gasteiger partial charge is 0.488 e. The molecular weight excluding hydrogens is 310 g/mol. The molecule has 0 spiro atoms. The highest BCUT2D eigenvalue weighted by atomic mass is 35.5. The van der Waals surface area contributed by atoms with Crippen molar-refractivity contribution in [3.63, 3.8) is 0 Å². The van der Waals surface area contributed by atoms with Crippen molar-refractivity contribution in [3.05, 3.63) is 63.9 Å². The average molecular weight is 323 g/mol. The van der Waals surface area contributed by atoms with Crippen molar-refractivity contribution in [1.29, 1.82) is 0 Å². The highest BCUT2D eigenvalue weighted by Gasteiger charge is 2.06. The Morgan fingerprint density at radius 2 is 2.00 bits per heavy atom. The number of benzene rings is 2. The fourth-order valence-corrected chi connectivity index (χ4v) is 2.04. The summed E-state index contributed by atoms with van der Waals surface area (Å²) < 4.78 is 18.9. The first-order valence-corrected chi connectivity index (χ1v) is 7.23. The normalized spacial score (nSPS) is 9.90. The zero-order valence-corrected chi connectivity index (χ0v) is 12.9. The molecule has 0 aliphatic rings. The van der Waals surface area contributed by atoms with Crippen molar-refractivity contribution in [2.75, 3.05) is 5.88 Å². The second-order valence-electron chi connectivity index (χ2n) is 4.46. The van der Waals surface area contributed by atoms with E-state index in [1.807, 2.05) is 25.1 Å². The first-order valence-electron chi connectivity index (χ1n) is 6.32. The van der Waals surface area contributed by atoms with Crippen LogP contribution in [0.2, 0.25) is 5.02 Å². The number of rotatable bonds is 3. The molecule has 0 radical (unpaired) electrons. The van der Waals surface area contributed by atoms with Crippen LogP contribution in [0.25, 0.3) is 0 Å². The molecule has 0 atom stereocenters. The Kier molecular flexibility index (Phi) is 5.50. The van der Waals surface area contributed by atoms with Crippen molar-refractivity contribution < 1.29 is 9.13 Å². The van der Waals surface area contributed by atoms with Gasteiger partial charge in [0.1, 0.15) is 18.2 Å². The van der Waals surface area contributed by atoms with Crippen LogP contribution in [0.4, 0.5) is 4.39 Å². The molecule has 2 aromatic carbocycles. The highest BCUT2D eigenvalue weighted by molar-refractivity contribution is 6.31. The minimum absolute atomic E-state index is 0.176. The van der Waals surface area contributed by atoms with Crippen LogP contribution in [-0.2, 0) is 6.61 Å². The standard InChI is InChI=1S/C17H13Cl2FO/c1-12-4-7-17(13(9-12)3-2-8-18)21-11-14-10-15(20)5-6-16(14)19/h4-7,9-10H,8,11H2,1H3. The van der Waals surface area contributed by atoms with Gasteiger partial charge in [0.25, 0.3) is 0 Å². The predicted molar refractivity (Wildman–Crippen MR) is 84.5 cm³/mol. The van der Waals surface area contributed by atoms with Crippen molar-refractivity contribution >= 4 is 23.2 Å². The highest BCUT2D eigenvalue weighted by Crippen LogP contribution is 2.23. The van der Waals surface area contributed by atoms with Crippen LogP contribution in [0.5, 0.6) is 5.75 Å². The summed E-state index contributed by atoms with van der Waals surface area (Å²) in [7, 11) is 0. The van der Waals surface area contributed by atoms with E-state index in [4.69, 9.17) is 27.9 Å². The van der Waals surface area contributed by atoms with Gasteiger partial charge in [0.2, 0.25) is 0 Å². The van der Waals surface area contributed by atoms with Crippen LogP contribution in [0.15, 0.2) is 36.4 Å².